The van der Waals surface area contributed by atoms with Crippen molar-refractivity contribution in [1.29, 1.82) is 0 Å². The Balaban J connectivity index is 1.17. The van der Waals surface area contributed by atoms with Crippen molar-refractivity contribution in [2.75, 3.05) is 63.5 Å². The molecule has 0 spiro atoms. The van der Waals surface area contributed by atoms with Gasteiger partial charge in [0.15, 0.2) is 0 Å². The number of nitrogens with zero attached hydrogens (tertiary/aromatic N) is 6. The van der Waals surface area contributed by atoms with Gasteiger partial charge in [-0.3, -0.25) is 9.59 Å². The third-order valence-corrected chi connectivity index (χ3v) is 10.2. The molecule has 40 heavy (non-hydrogen) atoms. The van der Waals surface area contributed by atoms with E-state index in [1.54, 1.807) is 4.90 Å². The van der Waals surface area contributed by atoms with E-state index >= 15 is 0 Å². The second-order valence-corrected chi connectivity index (χ2v) is 13.9. The highest BCUT2D eigenvalue weighted by Gasteiger charge is 2.43. The number of sulfonamides is 1. The van der Waals surface area contributed by atoms with E-state index in [1.165, 1.54) is 16.9 Å². The number of aryl methyl sites for hydroxylation is 3. The standard InChI is InChI=1S/C28H37ClN6O4S/c1-18-6-7-24(10-25(18)29)35(27(36)23-15-34(16-23)40(4,38)39)9-5-8-32-11-21-13-33(14-22(21)12-32)28(37)26-19(2)30-17-31-20(26)3/h6-7,10,17,21-23H,5,8-9,11-16H2,1-4H3. The van der Waals surface area contributed by atoms with Gasteiger partial charge in [0, 0.05) is 56.5 Å². The number of anilines is 1. The number of hydrogen-bond acceptors (Lipinski definition) is 7. The van der Waals surface area contributed by atoms with Crippen molar-refractivity contribution in [2.24, 2.45) is 17.8 Å². The van der Waals surface area contributed by atoms with Crippen LogP contribution in [-0.2, 0) is 14.8 Å². The van der Waals surface area contributed by atoms with Gasteiger partial charge < -0.3 is 14.7 Å². The molecule has 0 saturated carbocycles. The Morgan fingerprint density at radius 2 is 1.62 bits per heavy atom. The summed E-state index contributed by atoms with van der Waals surface area (Å²) in [4.78, 5) is 41.2. The zero-order valence-corrected chi connectivity index (χ0v) is 25.1. The lowest BCUT2D eigenvalue weighted by Gasteiger charge is -2.39. The predicted octanol–water partition coefficient (Wildman–Crippen LogP) is 2.37. The maximum Gasteiger partial charge on any atom is 0.257 e. The van der Waals surface area contributed by atoms with Gasteiger partial charge in [0.25, 0.3) is 5.91 Å². The minimum atomic E-state index is -3.30. The van der Waals surface area contributed by atoms with E-state index in [2.05, 4.69) is 14.9 Å². The van der Waals surface area contributed by atoms with Crippen molar-refractivity contribution >= 4 is 39.1 Å². The Kier molecular flexibility index (Phi) is 8.20. The van der Waals surface area contributed by atoms with Crippen LogP contribution in [0.1, 0.15) is 33.7 Å². The topological polar surface area (TPSA) is 107 Å². The molecule has 2 atom stereocenters. The predicted molar refractivity (Wildman–Crippen MR) is 154 cm³/mol. The molecule has 1 aromatic carbocycles. The molecule has 2 amide bonds. The molecule has 0 radical (unpaired) electrons. The molecule has 216 valence electrons. The van der Waals surface area contributed by atoms with Crippen molar-refractivity contribution in [1.82, 2.24) is 24.1 Å². The minimum absolute atomic E-state index is 0.0212. The Hall–Kier alpha value is -2.60. The van der Waals surface area contributed by atoms with Crippen LogP contribution in [0.3, 0.4) is 0 Å². The van der Waals surface area contributed by atoms with Crippen LogP contribution >= 0.6 is 11.6 Å². The molecule has 3 fully saturated rings. The lowest BCUT2D eigenvalue weighted by Crippen LogP contribution is -2.56. The molecule has 3 saturated heterocycles. The highest BCUT2D eigenvalue weighted by Crippen LogP contribution is 2.33. The van der Waals surface area contributed by atoms with Crippen molar-refractivity contribution in [3.63, 3.8) is 0 Å². The molecule has 0 bridgehead atoms. The molecule has 3 aliphatic rings. The van der Waals surface area contributed by atoms with Crippen molar-refractivity contribution in [2.45, 2.75) is 27.2 Å². The summed E-state index contributed by atoms with van der Waals surface area (Å²) in [5.41, 5.74) is 3.73. The van der Waals surface area contributed by atoms with Gasteiger partial charge >= 0.3 is 0 Å². The lowest BCUT2D eigenvalue weighted by molar-refractivity contribution is -0.125. The van der Waals surface area contributed by atoms with Gasteiger partial charge in [-0.2, -0.15) is 0 Å². The van der Waals surface area contributed by atoms with E-state index in [0.717, 1.165) is 61.8 Å². The number of carbonyl (C=O) groups is 2. The zero-order valence-electron chi connectivity index (χ0n) is 23.5. The molecule has 4 heterocycles. The van der Waals surface area contributed by atoms with Crippen LogP contribution in [0.15, 0.2) is 24.5 Å². The van der Waals surface area contributed by atoms with Crippen LogP contribution in [0.25, 0.3) is 0 Å². The Labute approximate surface area is 241 Å². The van der Waals surface area contributed by atoms with Crippen molar-refractivity contribution in [3.8, 4) is 0 Å². The lowest BCUT2D eigenvalue weighted by atomic mass is 10.0. The average Bonchev–Trinajstić information content (AvgIpc) is 3.40. The monoisotopic (exact) mass is 588 g/mol. The molecule has 2 aromatic rings. The molecule has 0 aliphatic carbocycles. The molecular formula is C28H37ClN6O4S. The fourth-order valence-electron chi connectivity index (χ4n) is 6.15. The fourth-order valence-corrected chi connectivity index (χ4v) is 7.23. The molecular weight excluding hydrogens is 552 g/mol. The van der Waals surface area contributed by atoms with E-state index in [1.807, 2.05) is 43.9 Å². The van der Waals surface area contributed by atoms with Gasteiger partial charge in [-0.1, -0.05) is 17.7 Å². The van der Waals surface area contributed by atoms with Crippen molar-refractivity contribution in [3.05, 3.63) is 52.1 Å². The highest BCUT2D eigenvalue weighted by atomic mass is 35.5. The molecule has 12 heteroatoms. The molecule has 1 aromatic heterocycles. The summed E-state index contributed by atoms with van der Waals surface area (Å²) in [7, 11) is -3.30. The fraction of sp³-hybridized carbons (Fsp3) is 0.571. The van der Waals surface area contributed by atoms with Crippen LogP contribution in [-0.4, -0.2) is 103 Å². The third kappa shape index (κ3) is 5.88. The van der Waals surface area contributed by atoms with Gasteiger partial charge in [0.05, 0.1) is 29.1 Å². The van der Waals surface area contributed by atoms with E-state index in [4.69, 9.17) is 11.6 Å². The summed E-state index contributed by atoms with van der Waals surface area (Å²) in [5, 5.41) is 0.598. The first-order chi connectivity index (χ1) is 18.9. The summed E-state index contributed by atoms with van der Waals surface area (Å²) in [5.74, 6) is 0.460. The van der Waals surface area contributed by atoms with Crippen LogP contribution in [0.5, 0.6) is 0 Å². The number of halogens is 1. The Morgan fingerprint density at radius 1 is 1.00 bits per heavy atom. The largest absolute Gasteiger partial charge is 0.338 e. The van der Waals surface area contributed by atoms with Crippen molar-refractivity contribution < 1.29 is 18.0 Å². The Bertz CT molecular complexity index is 1380. The summed E-state index contributed by atoms with van der Waals surface area (Å²) >= 11 is 6.39. The van der Waals surface area contributed by atoms with E-state index in [0.29, 0.717) is 29.0 Å². The van der Waals surface area contributed by atoms with Gasteiger partial charge in [-0.25, -0.2) is 22.7 Å². The first kappa shape index (κ1) is 28.9. The van der Waals surface area contributed by atoms with Gasteiger partial charge in [-0.05, 0) is 63.3 Å². The summed E-state index contributed by atoms with van der Waals surface area (Å²) in [6.07, 6.45) is 3.45. The third-order valence-electron chi connectivity index (χ3n) is 8.54. The highest BCUT2D eigenvalue weighted by molar-refractivity contribution is 7.88. The second kappa shape index (κ2) is 11.3. The van der Waals surface area contributed by atoms with Gasteiger partial charge in [0.2, 0.25) is 15.9 Å². The van der Waals surface area contributed by atoms with Crippen LogP contribution < -0.4 is 4.90 Å². The molecule has 2 unspecified atom stereocenters. The number of fused-ring (bicyclic) bond motifs is 1. The molecule has 3 aliphatic heterocycles. The van der Waals surface area contributed by atoms with E-state index in [-0.39, 0.29) is 30.8 Å². The number of likely N-dealkylation sites (tertiary alicyclic amines) is 2. The zero-order chi connectivity index (χ0) is 28.8. The number of benzene rings is 1. The number of amides is 2. The van der Waals surface area contributed by atoms with Gasteiger partial charge in [0.1, 0.15) is 6.33 Å². The summed E-state index contributed by atoms with van der Waals surface area (Å²) in [6, 6.07) is 5.62. The number of carbonyl (C=O) groups excluding carboxylic acids is 2. The Morgan fingerprint density at radius 3 is 2.20 bits per heavy atom. The first-order valence-electron chi connectivity index (χ1n) is 13.7. The molecule has 5 rings (SSSR count). The number of rotatable bonds is 8. The quantitative estimate of drug-likeness (QED) is 0.466. The first-order valence-corrected chi connectivity index (χ1v) is 16.0. The van der Waals surface area contributed by atoms with E-state index in [9.17, 15) is 18.0 Å². The molecule has 10 nitrogen and oxygen atoms in total. The average molecular weight is 589 g/mol. The maximum atomic E-state index is 13.4. The summed E-state index contributed by atoms with van der Waals surface area (Å²) in [6.45, 7) is 10.7. The van der Waals surface area contributed by atoms with Crippen LogP contribution in [0, 0.1) is 38.5 Å². The molecule has 0 N–H and O–H groups in total. The maximum absolute atomic E-state index is 13.4. The smallest absolute Gasteiger partial charge is 0.257 e. The SMILES string of the molecule is Cc1ccc(N(CCCN2CC3CN(C(=O)c4c(C)ncnc4C)CC3C2)C(=O)C2CN(S(C)(=O)=O)C2)cc1Cl. The van der Waals surface area contributed by atoms with Gasteiger partial charge in [-0.15, -0.1) is 0 Å². The number of aromatic nitrogens is 2. The normalized spacial score (nSPS) is 21.9. The number of hydrogen-bond donors (Lipinski definition) is 0. The van der Waals surface area contributed by atoms with E-state index < -0.39 is 10.0 Å². The second-order valence-electron chi connectivity index (χ2n) is 11.5. The van der Waals surface area contributed by atoms with Crippen LogP contribution in [0.4, 0.5) is 5.69 Å². The minimum Gasteiger partial charge on any atom is -0.338 e. The van der Waals surface area contributed by atoms with Crippen LogP contribution in [0.2, 0.25) is 5.02 Å². The summed E-state index contributed by atoms with van der Waals surface area (Å²) < 4.78 is 25.0.